The maximum absolute atomic E-state index is 13.0. The molecule has 4 rings (SSSR count). The lowest BCUT2D eigenvalue weighted by molar-refractivity contribution is -0.115. The number of carbonyl (C=O) groups excluding carboxylic acids is 2. The van der Waals surface area contributed by atoms with E-state index in [1.807, 2.05) is 0 Å². The van der Waals surface area contributed by atoms with E-state index in [-0.39, 0.29) is 39.0 Å². The molecule has 1 saturated heterocycles. The number of aromatic nitrogens is 2. The molecule has 3 N–H and O–H groups in total. The number of carbonyl (C=O) groups is 2. The number of hydrogen-bond donors (Lipinski definition) is 3. The van der Waals surface area contributed by atoms with Gasteiger partial charge in [0, 0.05) is 0 Å². The summed E-state index contributed by atoms with van der Waals surface area (Å²) in [7, 11) is 0. The fourth-order valence-electron chi connectivity index (χ4n) is 4.52. The summed E-state index contributed by atoms with van der Waals surface area (Å²) in [5.74, 6) is 0.0320. The van der Waals surface area contributed by atoms with Crippen molar-refractivity contribution in [3.63, 3.8) is 0 Å². The Hall–Kier alpha value is -3.14. The lowest BCUT2D eigenvalue weighted by Crippen LogP contribution is -2.30. The maximum atomic E-state index is 13.0. The number of nitrogens with one attached hydrogen (secondary N) is 2. The second-order valence-corrected chi connectivity index (χ2v) is 10.9. The van der Waals surface area contributed by atoms with Crippen LogP contribution >= 0.6 is 11.8 Å². The summed E-state index contributed by atoms with van der Waals surface area (Å²) in [6.07, 6.45) is 5.56. The number of hydrogen-bond acceptors (Lipinski definition) is 7. The highest BCUT2D eigenvalue weighted by Crippen LogP contribution is 2.41. The van der Waals surface area contributed by atoms with Gasteiger partial charge in [-0.3, -0.25) is 24.8 Å². The first-order chi connectivity index (χ1) is 16.0. The topological polar surface area (TPSA) is 129 Å². The van der Waals surface area contributed by atoms with Gasteiger partial charge in [0.2, 0.25) is 0 Å². The minimum Gasteiger partial charge on any atom is -0.506 e. The molecule has 2 amide bonds. The van der Waals surface area contributed by atoms with Gasteiger partial charge in [-0.2, -0.15) is 0 Å². The molecule has 1 aliphatic heterocycles. The van der Waals surface area contributed by atoms with Gasteiger partial charge in [-0.05, 0) is 79.5 Å². The van der Waals surface area contributed by atoms with Crippen LogP contribution in [0.4, 0.5) is 16.2 Å². The van der Waals surface area contributed by atoms with E-state index < -0.39 is 11.1 Å². The molecule has 2 heterocycles. The fourth-order valence-corrected chi connectivity index (χ4v) is 5.21. The third-order valence-electron chi connectivity index (χ3n) is 6.55. The zero-order chi connectivity index (χ0) is 24.6. The molecule has 1 aliphatic carbocycles. The molecule has 1 saturated carbocycles. The molecule has 0 spiro atoms. The van der Waals surface area contributed by atoms with Crippen molar-refractivity contribution in [3.8, 4) is 5.75 Å². The number of nitrogens with zero attached hydrogens (tertiary/aromatic N) is 3. The molecule has 180 valence electrons. The zero-order valence-electron chi connectivity index (χ0n) is 19.7. The SMILES string of the molecule is Cc1[nH]n(C2CCC(C(C)(C)C)CC2)c(=O)c1N=Nc1ccc(C=C2SC(=O)NC2=O)cc1O. The van der Waals surface area contributed by atoms with E-state index in [0.717, 1.165) is 37.4 Å². The maximum Gasteiger partial charge on any atom is 0.294 e. The molecular formula is C24H29N5O4S. The third kappa shape index (κ3) is 5.01. The van der Waals surface area contributed by atoms with E-state index >= 15 is 0 Å². The molecule has 0 bridgehead atoms. The van der Waals surface area contributed by atoms with E-state index in [0.29, 0.717) is 17.2 Å². The van der Waals surface area contributed by atoms with E-state index in [9.17, 15) is 19.5 Å². The van der Waals surface area contributed by atoms with Crippen molar-refractivity contribution in [3.05, 3.63) is 44.7 Å². The molecule has 2 fully saturated rings. The van der Waals surface area contributed by atoms with E-state index in [4.69, 9.17) is 0 Å². The van der Waals surface area contributed by atoms with Crippen LogP contribution in [0.2, 0.25) is 0 Å². The molecule has 10 heteroatoms. The second-order valence-electron chi connectivity index (χ2n) is 9.93. The molecule has 2 aromatic rings. The van der Waals surface area contributed by atoms with Crippen molar-refractivity contribution in [2.75, 3.05) is 0 Å². The van der Waals surface area contributed by atoms with Gasteiger partial charge in [-0.1, -0.05) is 26.8 Å². The predicted octanol–water partition coefficient (Wildman–Crippen LogP) is 5.71. The number of azo groups is 1. The number of phenols is 1. The van der Waals surface area contributed by atoms with Gasteiger partial charge in [-0.25, -0.2) is 4.68 Å². The Balaban J connectivity index is 1.50. The van der Waals surface area contributed by atoms with Crippen LogP contribution in [-0.2, 0) is 4.79 Å². The van der Waals surface area contributed by atoms with Crippen LogP contribution < -0.4 is 10.9 Å². The van der Waals surface area contributed by atoms with Crippen molar-refractivity contribution in [2.45, 2.75) is 59.4 Å². The lowest BCUT2D eigenvalue weighted by atomic mass is 9.71. The molecule has 0 unspecified atom stereocenters. The summed E-state index contributed by atoms with van der Waals surface area (Å²) < 4.78 is 1.67. The fraction of sp³-hybridized carbons (Fsp3) is 0.458. The summed E-state index contributed by atoms with van der Waals surface area (Å²) in [6.45, 7) is 8.59. The normalized spacial score (nSPS) is 22.6. The lowest BCUT2D eigenvalue weighted by Gasteiger charge is -2.37. The first-order valence-corrected chi connectivity index (χ1v) is 12.2. The van der Waals surface area contributed by atoms with Gasteiger partial charge >= 0.3 is 0 Å². The molecule has 2 aliphatic rings. The Labute approximate surface area is 201 Å². The first-order valence-electron chi connectivity index (χ1n) is 11.3. The van der Waals surface area contributed by atoms with Crippen LogP contribution in [0.1, 0.15) is 63.8 Å². The number of aryl methyl sites for hydroxylation is 1. The second kappa shape index (κ2) is 9.25. The van der Waals surface area contributed by atoms with Gasteiger partial charge < -0.3 is 5.11 Å². The van der Waals surface area contributed by atoms with Gasteiger partial charge in [-0.15, -0.1) is 10.2 Å². The van der Waals surface area contributed by atoms with Crippen molar-refractivity contribution in [2.24, 2.45) is 21.6 Å². The van der Waals surface area contributed by atoms with E-state index in [1.54, 1.807) is 23.7 Å². The highest BCUT2D eigenvalue weighted by atomic mass is 32.2. The Kier molecular flexibility index (Phi) is 6.53. The first kappa shape index (κ1) is 24.0. The number of aromatic hydroxyl groups is 1. The van der Waals surface area contributed by atoms with Crippen molar-refractivity contribution in [1.82, 2.24) is 15.1 Å². The van der Waals surface area contributed by atoms with Crippen LogP contribution in [0.5, 0.6) is 5.75 Å². The number of aromatic amines is 1. The van der Waals surface area contributed by atoms with Crippen molar-refractivity contribution in [1.29, 1.82) is 0 Å². The van der Waals surface area contributed by atoms with Gasteiger partial charge in [0.05, 0.1) is 16.6 Å². The number of phenolic OH excluding ortho intramolecular Hbond substituents is 1. The number of rotatable bonds is 4. The Morgan fingerprint density at radius 2 is 1.82 bits per heavy atom. The number of amides is 2. The molecule has 1 aromatic carbocycles. The molecule has 0 atom stereocenters. The molecular weight excluding hydrogens is 454 g/mol. The van der Waals surface area contributed by atoms with Gasteiger partial charge in [0.15, 0.2) is 5.69 Å². The number of benzene rings is 1. The van der Waals surface area contributed by atoms with Crippen molar-refractivity contribution < 1.29 is 14.7 Å². The van der Waals surface area contributed by atoms with Crippen LogP contribution in [0, 0.1) is 18.3 Å². The number of imide groups is 1. The Morgan fingerprint density at radius 3 is 2.41 bits per heavy atom. The highest BCUT2D eigenvalue weighted by Gasteiger charge is 2.31. The number of thioether (sulfide) groups is 1. The standard InChI is InChI=1S/C24H29N5O4S/c1-13-20(22(32)29(28-13)16-8-6-15(7-9-16)24(2,3)4)27-26-17-10-5-14(11-18(17)30)12-19-21(31)25-23(33)34-19/h5,10-12,15-16,28,30H,6-9H2,1-4H3,(H,25,31,33). The highest BCUT2D eigenvalue weighted by molar-refractivity contribution is 8.18. The summed E-state index contributed by atoms with van der Waals surface area (Å²) in [6, 6.07) is 4.73. The zero-order valence-corrected chi connectivity index (χ0v) is 20.5. The average molecular weight is 484 g/mol. The van der Waals surface area contributed by atoms with Crippen LogP contribution in [0.3, 0.4) is 0 Å². The third-order valence-corrected chi connectivity index (χ3v) is 7.36. The van der Waals surface area contributed by atoms with E-state index in [1.165, 1.54) is 12.1 Å². The van der Waals surface area contributed by atoms with Gasteiger partial charge in [0.25, 0.3) is 16.7 Å². The Bertz CT molecular complexity index is 1240. The van der Waals surface area contributed by atoms with Crippen LogP contribution in [0.25, 0.3) is 6.08 Å². The predicted molar refractivity (Wildman–Crippen MR) is 132 cm³/mol. The monoisotopic (exact) mass is 483 g/mol. The minimum absolute atomic E-state index is 0.118. The van der Waals surface area contributed by atoms with Crippen LogP contribution in [-0.4, -0.2) is 26.0 Å². The quantitative estimate of drug-likeness (QED) is 0.379. The van der Waals surface area contributed by atoms with E-state index in [2.05, 4.69) is 41.4 Å². The summed E-state index contributed by atoms with van der Waals surface area (Å²) in [5, 5.41) is 23.5. The van der Waals surface area contributed by atoms with Crippen molar-refractivity contribution >= 4 is 40.4 Å². The molecule has 1 aromatic heterocycles. The molecule has 0 radical (unpaired) electrons. The Morgan fingerprint density at radius 1 is 1.12 bits per heavy atom. The smallest absolute Gasteiger partial charge is 0.294 e. The summed E-state index contributed by atoms with van der Waals surface area (Å²) in [5.41, 5.74) is 1.64. The molecule has 34 heavy (non-hydrogen) atoms. The largest absolute Gasteiger partial charge is 0.506 e. The van der Waals surface area contributed by atoms with Crippen LogP contribution in [0.15, 0.2) is 38.1 Å². The summed E-state index contributed by atoms with van der Waals surface area (Å²) >= 11 is 0.802. The molecule has 9 nitrogen and oxygen atoms in total. The van der Waals surface area contributed by atoms with Gasteiger partial charge in [0.1, 0.15) is 11.4 Å². The minimum atomic E-state index is -0.468. The average Bonchev–Trinajstić information content (AvgIpc) is 3.23. The summed E-state index contributed by atoms with van der Waals surface area (Å²) in [4.78, 5) is 36.2. The number of H-pyrrole nitrogens is 1.